The highest BCUT2D eigenvalue weighted by atomic mass is 19.3. The standard InChI is InChI=1S/C29H40F2N2O3.C6H8O7/c1-3-32-27(35)24-18-25(34)28(2)10-9-22-21-8-6-20(17-19(21)5-7-23(22)26(24)28)36-16-4-13-33-14-11-29(30,31)12-15-33;7-3(8)1-6(13,5(11)12)2-4(9)10/h6,8,17,22-24,26H,3-5,7,9-16,18H2,1-2H3,(H,32,35);13H,1-2H2,(H,7,8)(H,9,10)(H,11,12)/p+1/t22-,23-,24+,26-,28-;/m1./s1. The summed E-state index contributed by atoms with van der Waals surface area (Å²) in [6, 6.07) is 6.44. The van der Waals surface area contributed by atoms with Crippen molar-refractivity contribution >= 4 is 29.6 Å². The first kappa shape index (κ1) is 38.2. The number of aliphatic hydroxyl groups is 1. The van der Waals surface area contributed by atoms with E-state index in [0.717, 1.165) is 44.4 Å². The molecule has 3 fully saturated rings. The molecule has 3 aliphatic carbocycles. The molecule has 1 aromatic carbocycles. The molecule has 1 aromatic rings. The van der Waals surface area contributed by atoms with Gasteiger partial charge in [-0.2, -0.15) is 0 Å². The van der Waals surface area contributed by atoms with E-state index in [4.69, 9.17) is 25.2 Å². The number of rotatable bonds is 12. The van der Waals surface area contributed by atoms with Crippen LogP contribution in [0.25, 0.3) is 0 Å². The molecule has 2 saturated carbocycles. The minimum Gasteiger partial charge on any atom is -0.493 e. The molecule has 1 heterocycles. The van der Waals surface area contributed by atoms with Gasteiger partial charge in [-0.3, -0.25) is 19.2 Å². The number of carboxylic acids is 3. The largest absolute Gasteiger partial charge is 0.493 e. The number of nitrogens with one attached hydrogen (secondary N) is 2. The SMILES string of the molecule is CCNC(=O)[C@H]1CC(=O)[C@@]2(C)CC[C@@H]3c4ccc(OCCC[NH+]5CCC(F)(F)CC5)cc4CC[C@H]3[C@H]12.O=C(O)CC(O)(CC(=O)O)C(=O)O. The lowest BCUT2D eigenvalue weighted by Gasteiger charge is -2.49. The summed E-state index contributed by atoms with van der Waals surface area (Å²) in [5.74, 6) is -5.61. The summed E-state index contributed by atoms with van der Waals surface area (Å²) in [5, 5.41) is 36.8. The Kier molecular flexibility index (Phi) is 12.1. The molecule has 1 aliphatic heterocycles. The Morgan fingerprint density at radius 3 is 2.29 bits per heavy atom. The van der Waals surface area contributed by atoms with Gasteiger partial charge in [-0.15, -0.1) is 0 Å². The van der Waals surface area contributed by atoms with Crippen molar-refractivity contribution in [3.63, 3.8) is 0 Å². The number of carbonyl (C=O) groups is 5. The van der Waals surface area contributed by atoms with Crippen LogP contribution in [0.4, 0.5) is 8.78 Å². The molecular weight excluding hydrogens is 646 g/mol. The third-order valence-electron chi connectivity index (χ3n) is 11.0. The highest BCUT2D eigenvalue weighted by Crippen LogP contribution is 2.61. The molecule has 6 N–H and O–H groups in total. The van der Waals surface area contributed by atoms with Crippen LogP contribution in [0.1, 0.15) is 88.7 Å². The fourth-order valence-corrected chi connectivity index (χ4v) is 8.53. The van der Waals surface area contributed by atoms with Gasteiger partial charge in [0.25, 0.3) is 5.92 Å². The summed E-state index contributed by atoms with van der Waals surface area (Å²) in [7, 11) is 0. The molecule has 5 atom stereocenters. The van der Waals surface area contributed by atoms with E-state index in [0.29, 0.717) is 44.5 Å². The van der Waals surface area contributed by atoms with Crippen molar-refractivity contribution in [2.75, 3.05) is 32.8 Å². The summed E-state index contributed by atoms with van der Waals surface area (Å²) in [6.45, 7) is 7.20. The first-order valence-corrected chi connectivity index (χ1v) is 17.2. The molecular formula is C35H49F2N2O10+. The van der Waals surface area contributed by atoms with Gasteiger partial charge < -0.3 is 35.4 Å². The van der Waals surface area contributed by atoms with E-state index in [1.54, 1.807) is 0 Å². The Hall–Kier alpha value is -3.65. The van der Waals surface area contributed by atoms with Crippen molar-refractivity contribution in [1.29, 1.82) is 0 Å². The van der Waals surface area contributed by atoms with Crippen LogP contribution in [0.15, 0.2) is 18.2 Å². The van der Waals surface area contributed by atoms with Gasteiger partial charge in [0.15, 0.2) is 5.60 Å². The van der Waals surface area contributed by atoms with Crippen molar-refractivity contribution < 1.29 is 62.8 Å². The molecule has 4 aliphatic rings. The predicted molar refractivity (Wildman–Crippen MR) is 171 cm³/mol. The number of likely N-dealkylation sites (tertiary alicyclic amines) is 1. The van der Waals surface area contributed by atoms with Gasteiger partial charge in [0.2, 0.25) is 5.91 Å². The Labute approximate surface area is 284 Å². The van der Waals surface area contributed by atoms with Crippen molar-refractivity contribution in [1.82, 2.24) is 5.32 Å². The van der Waals surface area contributed by atoms with Crippen molar-refractivity contribution in [2.45, 2.75) is 95.5 Å². The molecule has 0 unspecified atom stereocenters. The van der Waals surface area contributed by atoms with E-state index in [9.17, 15) is 32.8 Å². The number of aryl methyl sites for hydroxylation is 1. The maximum atomic E-state index is 13.3. The second-order valence-electron chi connectivity index (χ2n) is 14.3. The van der Waals surface area contributed by atoms with E-state index >= 15 is 0 Å². The molecule has 0 spiro atoms. The third kappa shape index (κ3) is 8.94. The van der Waals surface area contributed by atoms with E-state index in [1.165, 1.54) is 16.0 Å². The number of carboxylic acid groups (broad SMARTS) is 3. The molecule has 49 heavy (non-hydrogen) atoms. The van der Waals surface area contributed by atoms with Crippen LogP contribution in [0.3, 0.4) is 0 Å². The van der Waals surface area contributed by atoms with Crippen LogP contribution in [0.2, 0.25) is 0 Å². The molecule has 1 amide bonds. The highest BCUT2D eigenvalue weighted by molar-refractivity contribution is 5.94. The zero-order chi connectivity index (χ0) is 36.1. The lowest BCUT2D eigenvalue weighted by Crippen LogP contribution is -3.13. The van der Waals surface area contributed by atoms with Gasteiger partial charge in [0.05, 0.1) is 51.9 Å². The molecule has 1 saturated heterocycles. The Morgan fingerprint density at radius 2 is 1.69 bits per heavy atom. The number of benzene rings is 1. The van der Waals surface area contributed by atoms with Crippen LogP contribution < -0.4 is 15.0 Å². The summed E-state index contributed by atoms with van der Waals surface area (Å²) < 4.78 is 32.7. The number of fused-ring (bicyclic) bond motifs is 5. The van der Waals surface area contributed by atoms with E-state index in [2.05, 4.69) is 30.4 Å². The van der Waals surface area contributed by atoms with E-state index in [-0.39, 0.29) is 41.8 Å². The average Bonchev–Trinajstić information content (AvgIpc) is 3.29. The number of halogens is 2. The monoisotopic (exact) mass is 695 g/mol. The highest BCUT2D eigenvalue weighted by Gasteiger charge is 2.60. The number of piperidine rings is 1. The van der Waals surface area contributed by atoms with Crippen molar-refractivity contribution in [3.05, 3.63) is 29.3 Å². The lowest BCUT2D eigenvalue weighted by molar-refractivity contribution is -0.908. The first-order valence-electron chi connectivity index (χ1n) is 17.2. The van der Waals surface area contributed by atoms with Gasteiger partial charge in [-0.1, -0.05) is 13.0 Å². The number of aliphatic carboxylic acids is 3. The fourth-order valence-electron chi connectivity index (χ4n) is 8.53. The van der Waals surface area contributed by atoms with Crippen LogP contribution in [0.5, 0.6) is 5.75 Å². The zero-order valence-corrected chi connectivity index (χ0v) is 28.1. The maximum Gasteiger partial charge on any atom is 0.336 e. The number of amides is 1. The minimum absolute atomic E-state index is 0.00559. The van der Waals surface area contributed by atoms with Gasteiger partial charge in [-0.25, -0.2) is 13.6 Å². The van der Waals surface area contributed by atoms with Crippen LogP contribution in [-0.4, -0.2) is 94.3 Å². The number of hydrogen-bond acceptors (Lipinski definition) is 7. The topological polar surface area (TPSA) is 192 Å². The molecule has 14 heteroatoms. The Balaban J connectivity index is 0.000000355. The van der Waals surface area contributed by atoms with Gasteiger partial charge in [-0.05, 0) is 73.6 Å². The molecule has 0 bridgehead atoms. The number of ether oxygens (including phenoxy) is 1. The smallest absolute Gasteiger partial charge is 0.336 e. The van der Waals surface area contributed by atoms with Gasteiger partial charge >= 0.3 is 17.9 Å². The van der Waals surface area contributed by atoms with Gasteiger partial charge in [0, 0.05) is 30.7 Å². The second-order valence-corrected chi connectivity index (χ2v) is 14.3. The second kappa shape index (κ2) is 15.5. The summed E-state index contributed by atoms with van der Waals surface area (Å²) in [4.78, 5) is 57.7. The number of carbonyl (C=O) groups excluding carboxylic acids is 2. The summed E-state index contributed by atoms with van der Waals surface area (Å²) >= 11 is 0. The normalized spacial score (nSPS) is 27.4. The minimum atomic E-state index is -2.74. The molecule has 272 valence electrons. The van der Waals surface area contributed by atoms with Crippen molar-refractivity contribution in [3.8, 4) is 5.75 Å². The van der Waals surface area contributed by atoms with Crippen LogP contribution in [0, 0.1) is 23.2 Å². The number of ketones is 1. The quantitative estimate of drug-likeness (QED) is 0.177. The molecule has 0 aromatic heterocycles. The van der Waals surface area contributed by atoms with E-state index < -0.39 is 42.3 Å². The third-order valence-corrected chi connectivity index (χ3v) is 11.0. The summed E-state index contributed by atoms with van der Waals surface area (Å²) in [5.41, 5.74) is -0.407. The average molecular weight is 696 g/mol. The van der Waals surface area contributed by atoms with Crippen LogP contribution in [-0.2, 0) is 30.4 Å². The number of alkyl halides is 2. The maximum absolute atomic E-state index is 13.3. The fraction of sp³-hybridized carbons (Fsp3) is 0.686. The molecule has 5 rings (SSSR count). The Bertz CT molecular complexity index is 1390. The van der Waals surface area contributed by atoms with E-state index in [1.807, 2.05) is 6.92 Å². The molecule has 0 radical (unpaired) electrons. The summed E-state index contributed by atoms with van der Waals surface area (Å²) in [6.07, 6.45) is 2.75. The first-order chi connectivity index (χ1) is 23.0. The van der Waals surface area contributed by atoms with Crippen LogP contribution >= 0.6 is 0 Å². The van der Waals surface area contributed by atoms with Crippen molar-refractivity contribution in [2.24, 2.45) is 23.2 Å². The Morgan fingerprint density at radius 1 is 1.04 bits per heavy atom. The predicted octanol–water partition coefficient (Wildman–Crippen LogP) is 2.31. The number of hydrogen-bond donors (Lipinski definition) is 6. The number of quaternary nitrogens is 1. The number of Topliss-reactive ketones (excluding diaryl/α,β-unsaturated/α-hetero) is 1. The van der Waals surface area contributed by atoms with Gasteiger partial charge in [0.1, 0.15) is 11.5 Å². The zero-order valence-electron chi connectivity index (χ0n) is 28.1. The lowest BCUT2D eigenvalue weighted by atomic mass is 9.54. The molecule has 12 nitrogen and oxygen atoms in total.